The van der Waals surface area contributed by atoms with Crippen molar-refractivity contribution in [2.45, 2.75) is 52.2 Å². The van der Waals surface area contributed by atoms with Gasteiger partial charge in [0.1, 0.15) is 6.73 Å². The number of ketones is 1. The molecule has 2 aromatic heterocycles. The van der Waals surface area contributed by atoms with E-state index in [4.69, 9.17) is 9.47 Å². The maximum absolute atomic E-state index is 12.5. The fraction of sp³-hybridized carbons (Fsp3) is 0.476. The second-order valence-corrected chi connectivity index (χ2v) is 14.9. The van der Waals surface area contributed by atoms with E-state index in [-0.39, 0.29) is 24.6 Å². The summed E-state index contributed by atoms with van der Waals surface area (Å²) in [6.07, 6.45) is 2.11. The van der Waals surface area contributed by atoms with Gasteiger partial charge < -0.3 is 9.47 Å². The van der Waals surface area contributed by atoms with Crippen molar-refractivity contribution in [3.8, 4) is 0 Å². The first-order valence-corrected chi connectivity index (χ1v) is 14.5. The Morgan fingerprint density at radius 3 is 2.69 bits per heavy atom. The van der Waals surface area contributed by atoms with Gasteiger partial charge in [0.05, 0.1) is 29.6 Å². The van der Waals surface area contributed by atoms with Crippen LogP contribution in [0.4, 0.5) is 0 Å². The molecule has 0 radical (unpaired) electrons. The molecule has 29 heavy (non-hydrogen) atoms. The topological polar surface area (TPSA) is 70.4 Å². The molecule has 0 aliphatic rings. The van der Waals surface area contributed by atoms with Crippen LogP contribution in [0.5, 0.6) is 0 Å². The Labute approximate surface area is 175 Å². The average molecular weight is 433 g/mol. The van der Waals surface area contributed by atoms with Crippen molar-refractivity contribution in [3.63, 3.8) is 0 Å². The van der Waals surface area contributed by atoms with Gasteiger partial charge >= 0.3 is 5.97 Å². The molecular weight excluding hydrogens is 404 g/mol. The molecular formula is C21H28N2O4SSi. The first-order chi connectivity index (χ1) is 13.8. The Kier molecular flexibility index (Phi) is 6.87. The third-order valence-electron chi connectivity index (χ3n) is 4.67. The Balaban J connectivity index is 1.72. The highest BCUT2D eigenvalue weighted by Gasteiger charge is 2.16. The van der Waals surface area contributed by atoms with E-state index in [0.717, 1.165) is 33.6 Å². The van der Waals surface area contributed by atoms with Crippen LogP contribution >= 0.6 is 11.3 Å². The highest BCUT2D eigenvalue weighted by atomic mass is 32.1. The number of thiophene rings is 1. The van der Waals surface area contributed by atoms with Crippen LogP contribution in [0.25, 0.3) is 21.0 Å². The number of benzene rings is 1. The van der Waals surface area contributed by atoms with Crippen LogP contribution < -0.4 is 0 Å². The largest absolute Gasteiger partial charge is 0.466 e. The molecule has 8 heteroatoms. The lowest BCUT2D eigenvalue weighted by Gasteiger charge is -2.15. The summed E-state index contributed by atoms with van der Waals surface area (Å²) in [5, 5.41) is 6.50. The molecule has 0 aliphatic carbocycles. The molecule has 0 bridgehead atoms. The number of rotatable bonds is 10. The summed E-state index contributed by atoms with van der Waals surface area (Å²) in [7, 11) is -1.11. The second-order valence-electron chi connectivity index (χ2n) is 8.24. The van der Waals surface area contributed by atoms with Gasteiger partial charge in [-0.25, -0.2) is 4.68 Å². The fourth-order valence-electron chi connectivity index (χ4n) is 3.01. The van der Waals surface area contributed by atoms with E-state index in [1.807, 2.05) is 29.1 Å². The Morgan fingerprint density at radius 2 is 1.97 bits per heavy atom. The lowest BCUT2D eigenvalue weighted by molar-refractivity contribution is -0.143. The first-order valence-electron chi connectivity index (χ1n) is 9.93. The minimum Gasteiger partial charge on any atom is -0.466 e. The standard InChI is InChI=1S/C21H28N2O4SSi/c1-5-27-21(25)9-7-18(24)20-12-15-16-13-22-23(14-26-10-11-29(2,3)4)17(16)6-8-19(15)28-20/h6,8,12-13H,5,7,9-11,14H2,1-4H3. The number of fused-ring (bicyclic) bond motifs is 3. The van der Waals surface area contributed by atoms with Gasteiger partial charge in [-0.2, -0.15) is 5.10 Å². The van der Waals surface area contributed by atoms with E-state index in [1.165, 1.54) is 11.3 Å². The zero-order valence-electron chi connectivity index (χ0n) is 17.5. The summed E-state index contributed by atoms with van der Waals surface area (Å²) in [5.41, 5.74) is 0.994. The predicted octanol–water partition coefficient (Wildman–Crippen LogP) is 5.09. The molecule has 3 aromatic rings. The quantitative estimate of drug-likeness (QED) is 0.193. The summed E-state index contributed by atoms with van der Waals surface area (Å²) in [4.78, 5) is 24.6. The molecule has 0 fully saturated rings. The van der Waals surface area contributed by atoms with Crippen LogP contribution in [0.3, 0.4) is 0 Å². The molecule has 0 saturated heterocycles. The number of Topliss-reactive ketones (excluding diaryl/α,β-unsaturated/α-hetero) is 1. The van der Waals surface area contributed by atoms with Crippen LogP contribution in [-0.4, -0.2) is 42.8 Å². The van der Waals surface area contributed by atoms with Crippen LogP contribution in [0.1, 0.15) is 29.4 Å². The predicted molar refractivity (Wildman–Crippen MR) is 119 cm³/mol. The SMILES string of the molecule is CCOC(=O)CCC(=O)c1cc2c(ccc3c2cnn3COCC[Si](C)(C)C)s1. The molecule has 6 nitrogen and oxygen atoms in total. The van der Waals surface area contributed by atoms with Gasteiger partial charge in [-0.15, -0.1) is 11.3 Å². The van der Waals surface area contributed by atoms with E-state index >= 15 is 0 Å². The van der Waals surface area contributed by atoms with Crippen LogP contribution in [0.15, 0.2) is 24.4 Å². The van der Waals surface area contributed by atoms with Crippen LogP contribution in [0.2, 0.25) is 25.7 Å². The fourth-order valence-corrected chi connectivity index (χ4v) is 4.82. The summed E-state index contributed by atoms with van der Waals surface area (Å²) >= 11 is 1.45. The zero-order valence-corrected chi connectivity index (χ0v) is 19.3. The van der Waals surface area contributed by atoms with E-state index in [2.05, 4.69) is 24.7 Å². The van der Waals surface area contributed by atoms with Crippen molar-refractivity contribution in [1.29, 1.82) is 0 Å². The number of nitrogens with zero attached hydrogens (tertiary/aromatic N) is 2. The number of carbonyl (C=O) groups is 2. The van der Waals surface area contributed by atoms with E-state index in [9.17, 15) is 9.59 Å². The van der Waals surface area contributed by atoms with Gasteiger partial charge in [0.15, 0.2) is 5.78 Å². The average Bonchev–Trinajstić information content (AvgIpc) is 3.26. The number of aromatic nitrogens is 2. The molecule has 2 heterocycles. The maximum Gasteiger partial charge on any atom is 0.306 e. The molecule has 0 unspecified atom stereocenters. The van der Waals surface area contributed by atoms with Gasteiger partial charge in [-0.3, -0.25) is 9.59 Å². The smallest absolute Gasteiger partial charge is 0.306 e. The highest BCUT2D eigenvalue weighted by Crippen LogP contribution is 2.33. The van der Waals surface area contributed by atoms with Crippen molar-refractivity contribution < 1.29 is 19.1 Å². The molecule has 0 amide bonds. The number of esters is 1. The molecule has 0 aliphatic heterocycles. The Hall–Kier alpha value is -2.03. The third kappa shape index (κ3) is 5.52. The molecule has 1 aromatic carbocycles. The van der Waals surface area contributed by atoms with Gasteiger partial charge in [-0.1, -0.05) is 19.6 Å². The zero-order chi connectivity index (χ0) is 21.0. The van der Waals surface area contributed by atoms with Gasteiger partial charge in [0.2, 0.25) is 0 Å². The summed E-state index contributed by atoms with van der Waals surface area (Å²) in [6.45, 7) is 10.3. The van der Waals surface area contributed by atoms with Gasteiger partial charge in [0, 0.05) is 36.6 Å². The molecule has 0 spiro atoms. The van der Waals surface area contributed by atoms with E-state index < -0.39 is 8.07 Å². The van der Waals surface area contributed by atoms with Gasteiger partial charge in [-0.05, 0) is 31.2 Å². The maximum atomic E-state index is 12.5. The second kappa shape index (κ2) is 9.19. The number of hydrogen-bond donors (Lipinski definition) is 0. The Bertz CT molecular complexity index is 1020. The molecule has 3 rings (SSSR count). The number of ether oxygens (including phenoxy) is 2. The van der Waals surface area contributed by atoms with E-state index in [1.54, 1.807) is 6.92 Å². The normalized spacial score (nSPS) is 12.0. The molecule has 156 valence electrons. The first kappa shape index (κ1) is 21.7. The van der Waals surface area contributed by atoms with Crippen molar-refractivity contribution in [3.05, 3.63) is 29.3 Å². The minimum atomic E-state index is -1.11. The highest BCUT2D eigenvalue weighted by molar-refractivity contribution is 7.21. The summed E-state index contributed by atoms with van der Waals surface area (Å²) in [6, 6.07) is 7.08. The molecule has 0 atom stereocenters. The summed E-state index contributed by atoms with van der Waals surface area (Å²) < 4.78 is 13.6. The Morgan fingerprint density at radius 1 is 1.17 bits per heavy atom. The van der Waals surface area contributed by atoms with E-state index in [0.29, 0.717) is 18.2 Å². The third-order valence-corrected chi connectivity index (χ3v) is 7.52. The van der Waals surface area contributed by atoms with Gasteiger partial charge in [0.25, 0.3) is 0 Å². The molecule has 0 N–H and O–H groups in total. The minimum absolute atomic E-state index is 0.0329. The van der Waals surface area contributed by atoms with Crippen molar-refractivity contribution in [2.24, 2.45) is 0 Å². The van der Waals surface area contributed by atoms with Crippen molar-refractivity contribution >= 4 is 52.2 Å². The van der Waals surface area contributed by atoms with Crippen molar-refractivity contribution in [1.82, 2.24) is 9.78 Å². The van der Waals surface area contributed by atoms with Crippen LogP contribution in [0, 0.1) is 0 Å². The molecule has 0 saturated carbocycles. The summed E-state index contributed by atoms with van der Waals surface area (Å²) in [5.74, 6) is -0.366. The lowest BCUT2D eigenvalue weighted by Crippen LogP contribution is -2.22. The van der Waals surface area contributed by atoms with Crippen LogP contribution in [-0.2, 0) is 21.0 Å². The number of hydrogen-bond acceptors (Lipinski definition) is 6. The monoisotopic (exact) mass is 432 g/mol. The lowest BCUT2D eigenvalue weighted by atomic mass is 10.1. The number of carbonyl (C=O) groups excluding carboxylic acids is 2. The van der Waals surface area contributed by atoms with Crippen molar-refractivity contribution in [2.75, 3.05) is 13.2 Å².